The Hall–Kier alpha value is -1.08. The van der Waals surface area contributed by atoms with Gasteiger partial charge < -0.3 is 0 Å². The zero-order valence-corrected chi connectivity index (χ0v) is 14.3. The van der Waals surface area contributed by atoms with Gasteiger partial charge in [0.25, 0.3) is 0 Å². The van der Waals surface area contributed by atoms with Crippen molar-refractivity contribution < 1.29 is 21.6 Å². The highest BCUT2D eigenvalue weighted by molar-refractivity contribution is 7.89. The monoisotopic (exact) mass is 349 g/mol. The third-order valence-corrected chi connectivity index (χ3v) is 6.16. The van der Waals surface area contributed by atoms with Crippen LogP contribution in [-0.4, -0.2) is 20.6 Å². The summed E-state index contributed by atoms with van der Waals surface area (Å²) in [6.45, 7) is 5.28. The van der Waals surface area contributed by atoms with Crippen LogP contribution in [0, 0.1) is 26.7 Å². The van der Waals surface area contributed by atoms with Crippen LogP contribution >= 0.6 is 0 Å². The van der Waals surface area contributed by atoms with Gasteiger partial charge in [-0.2, -0.15) is 13.2 Å². The number of sulfonamides is 1. The van der Waals surface area contributed by atoms with Gasteiger partial charge in [0.05, 0.1) is 10.8 Å². The lowest BCUT2D eigenvalue weighted by Crippen LogP contribution is -2.41. The second-order valence-electron chi connectivity index (χ2n) is 6.45. The topological polar surface area (TPSA) is 46.2 Å². The summed E-state index contributed by atoms with van der Waals surface area (Å²) in [5, 5.41) is 0. The molecule has 0 aromatic heterocycles. The number of alkyl halides is 3. The fraction of sp³-hybridized carbons (Fsp3) is 0.625. The van der Waals surface area contributed by atoms with E-state index >= 15 is 0 Å². The van der Waals surface area contributed by atoms with Gasteiger partial charge in [-0.15, -0.1) is 0 Å². The Morgan fingerprint density at radius 1 is 1.09 bits per heavy atom. The highest BCUT2D eigenvalue weighted by Crippen LogP contribution is 2.38. The smallest absolute Gasteiger partial charge is 0.208 e. The van der Waals surface area contributed by atoms with Crippen molar-refractivity contribution in [2.24, 2.45) is 5.92 Å². The van der Waals surface area contributed by atoms with Crippen molar-refractivity contribution in [2.75, 3.05) is 0 Å². The third-order valence-electron chi connectivity index (χ3n) is 4.33. The molecule has 1 aliphatic rings. The Kier molecular flexibility index (Phi) is 5.11. The quantitative estimate of drug-likeness (QED) is 0.896. The molecule has 2 atom stereocenters. The van der Waals surface area contributed by atoms with Gasteiger partial charge in [-0.3, -0.25) is 0 Å². The molecule has 0 saturated heterocycles. The lowest BCUT2D eigenvalue weighted by Gasteiger charge is -2.31. The molecule has 1 N–H and O–H groups in total. The van der Waals surface area contributed by atoms with Crippen LogP contribution < -0.4 is 4.72 Å². The highest BCUT2D eigenvalue weighted by atomic mass is 32.2. The van der Waals surface area contributed by atoms with Gasteiger partial charge in [0.15, 0.2) is 0 Å². The summed E-state index contributed by atoms with van der Waals surface area (Å²) in [6, 6.07) is 2.86. The predicted molar refractivity (Wildman–Crippen MR) is 82.8 cm³/mol. The summed E-state index contributed by atoms with van der Waals surface area (Å²) in [5.74, 6) is -1.43. The Labute approximate surface area is 135 Å². The van der Waals surface area contributed by atoms with Crippen LogP contribution in [0.5, 0.6) is 0 Å². The lowest BCUT2D eigenvalue weighted by molar-refractivity contribution is -0.183. The molecule has 0 amide bonds. The van der Waals surface area contributed by atoms with Gasteiger partial charge >= 0.3 is 6.18 Å². The van der Waals surface area contributed by atoms with Crippen molar-refractivity contribution in [3.05, 3.63) is 28.8 Å². The molecule has 0 spiro atoms. The highest BCUT2D eigenvalue weighted by Gasteiger charge is 2.43. The van der Waals surface area contributed by atoms with Gasteiger partial charge in [-0.25, -0.2) is 13.1 Å². The van der Waals surface area contributed by atoms with E-state index in [0.29, 0.717) is 24.0 Å². The normalized spacial score (nSPS) is 23.0. The van der Waals surface area contributed by atoms with E-state index in [9.17, 15) is 21.6 Å². The first-order chi connectivity index (χ1) is 10.5. The summed E-state index contributed by atoms with van der Waals surface area (Å²) in [7, 11) is -3.82. The minimum atomic E-state index is -4.26. The maximum atomic E-state index is 12.9. The minimum absolute atomic E-state index is 0.0737. The van der Waals surface area contributed by atoms with Crippen LogP contribution in [0.4, 0.5) is 13.2 Å². The Morgan fingerprint density at radius 3 is 2.17 bits per heavy atom. The minimum Gasteiger partial charge on any atom is -0.208 e. The van der Waals surface area contributed by atoms with E-state index in [2.05, 4.69) is 4.72 Å². The van der Waals surface area contributed by atoms with Crippen molar-refractivity contribution in [1.29, 1.82) is 0 Å². The summed E-state index contributed by atoms with van der Waals surface area (Å²) < 4.78 is 66.3. The fourth-order valence-electron chi connectivity index (χ4n) is 3.46. The third kappa shape index (κ3) is 4.26. The van der Waals surface area contributed by atoms with Gasteiger partial charge in [-0.05, 0) is 51.2 Å². The molecule has 0 unspecified atom stereocenters. The van der Waals surface area contributed by atoms with E-state index in [0.717, 1.165) is 5.56 Å². The van der Waals surface area contributed by atoms with Gasteiger partial charge in [0.2, 0.25) is 10.0 Å². The number of hydrogen-bond donors (Lipinski definition) is 1. The average molecular weight is 349 g/mol. The largest absolute Gasteiger partial charge is 0.391 e. The molecule has 130 valence electrons. The number of benzene rings is 1. The van der Waals surface area contributed by atoms with Crippen molar-refractivity contribution in [2.45, 2.75) is 63.6 Å². The molecular weight excluding hydrogens is 327 g/mol. The maximum Gasteiger partial charge on any atom is 0.391 e. The van der Waals surface area contributed by atoms with E-state index < -0.39 is 28.2 Å². The predicted octanol–water partition coefficient (Wildman–Crippen LogP) is 4.01. The Morgan fingerprint density at radius 2 is 1.65 bits per heavy atom. The molecule has 1 aliphatic carbocycles. The SMILES string of the molecule is Cc1cc(C)c(S(=O)(=O)N[C@H]2CCC[C@@H](C(F)(F)F)C2)c(C)c1. The molecule has 7 heteroatoms. The fourth-order valence-corrected chi connectivity index (χ4v) is 5.20. The van der Waals surface area contributed by atoms with E-state index in [1.54, 1.807) is 26.0 Å². The molecule has 1 fully saturated rings. The molecule has 0 radical (unpaired) electrons. The Bertz CT molecular complexity index is 660. The first-order valence-electron chi connectivity index (χ1n) is 7.67. The number of hydrogen-bond acceptors (Lipinski definition) is 2. The molecule has 1 aromatic carbocycles. The van der Waals surface area contributed by atoms with Crippen molar-refractivity contribution in [1.82, 2.24) is 4.72 Å². The number of halogens is 3. The van der Waals surface area contributed by atoms with Crippen LogP contribution in [-0.2, 0) is 10.0 Å². The molecule has 0 aliphatic heterocycles. The second kappa shape index (κ2) is 6.43. The summed E-state index contributed by atoms with van der Waals surface area (Å²) >= 11 is 0. The molecule has 3 nitrogen and oxygen atoms in total. The Balaban J connectivity index is 2.22. The van der Waals surface area contributed by atoms with Gasteiger partial charge in [-0.1, -0.05) is 24.1 Å². The number of nitrogens with one attached hydrogen (secondary N) is 1. The molecule has 2 rings (SSSR count). The molecule has 23 heavy (non-hydrogen) atoms. The van der Waals surface area contributed by atoms with Gasteiger partial charge in [0.1, 0.15) is 0 Å². The molecule has 1 saturated carbocycles. The zero-order chi connectivity index (χ0) is 17.4. The van der Waals surface area contributed by atoms with Crippen molar-refractivity contribution in [3.63, 3.8) is 0 Å². The second-order valence-corrected chi connectivity index (χ2v) is 8.10. The van der Waals surface area contributed by atoms with E-state index in [1.165, 1.54) is 0 Å². The van der Waals surface area contributed by atoms with Crippen LogP contribution in [0.3, 0.4) is 0 Å². The number of rotatable bonds is 3. The molecular formula is C16H22F3NO2S. The van der Waals surface area contributed by atoms with E-state index in [4.69, 9.17) is 0 Å². The summed E-state index contributed by atoms with van der Waals surface area (Å²) in [6.07, 6.45) is -3.56. The van der Waals surface area contributed by atoms with E-state index in [-0.39, 0.29) is 17.7 Å². The maximum absolute atomic E-state index is 12.9. The molecule has 1 aromatic rings. The summed E-state index contributed by atoms with van der Waals surface area (Å²) in [4.78, 5) is 0.178. The van der Waals surface area contributed by atoms with Crippen molar-refractivity contribution >= 4 is 10.0 Å². The summed E-state index contributed by atoms with van der Waals surface area (Å²) in [5.41, 5.74) is 2.17. The van der Waals surface area contributed by atoms with Crippen LogP contribution in [0.2, 0.25) is 0 Å². The van der Waals surface area contributed by atoms with Crippen molar-refractivity contribution in [3.8, 4) is 0 Å². The number of aryl methyl sites for hydroxylation is 3. The van der Waals surface area contributed by atoms with Crippen LogP contribution in [0.25, 0.3) is 0 Å². The first kappa shape index (κ1) is 18.3. The average Bonchev–Trinajstić information content (AvgIpc) is 2.35. The standard InChI is InChI=1S/C16H22F3NO2S/c1-10-7-11(2)15(12(3)8-10)23(21,22)20-14-6-4-5-13(9-14)16(17,18)19/h7-8,13-14,20H,4-6,9H2,1-3H3/t13-,14+/m1/s1. The molecule has 0 heterocycles. The van der Waals surface area contributed by atoms with Crippen LogP contribution in [0.15, 0.2) is 17.0 Å². The van der Waals surface area contributed by atoms with Gasteiger partial charge in [0, 0.05) is 6.04 Å². The lowest BCUT2D eigenvalue weighted by atomic mass is 9.86. The first-order valence-corrected chi connectivity index (χ1v) is 9.16. The molecule has 0 bridgehead atoms. The van der Waals surface area contributed by atoms with Crippen LogP contribution in [0.1, 0.15) is 42.4 Å². The zero-order valence-electron chi connectivity index (χ0n) is 13.5. The van der Waals surface area contributed by atoms with E-state index in [1.807, 2.05) is 6.92 Å².